The minimum Gasteiger partial charge on any atom is -0.399 e. The second-order valence-corrected chi connectivity index (χ2v) is 7.61. The number of ether oxygens (including phenoxy) is 1. The summed E-state index contributed by atoms with van der Waals surface area (Å²) in [6, 6.07) is 22.3. The van der Waals surface area contributed by atoms with Crippen LogP contribution in [0.15, 0.2) is 71.2 Å². The van der Waals surface area contributed by atoms with Crippen molar-refractivity contribution >= 4 is 33.8 Å². The number of benzene rings is 2. The standard InChI is InChI=1S/C24H25BrN2O/c25-21-13-10-19(11-14-21)5-1-2-16-28-18-24-9-4-8-23(27-24)15-12-20-6-3-7-22(26)17-20/h3-4,6-15,17H,1-2,5,16,18,26H2/b15-12+. The minimum absolute atomic E-state index is 0.540. The second kappa shape index (κ2) is 10.8. The number of nitrogens with zero attached hydrogens (tertiary/aromatic N) is 1. The molecule has 0 aliphatic carbocycles. The van der Waals surface area contributed by atoms with Crippen molar-refractivity contribution in [1.29, 1.82) is 0 Å². The third-order valence-corrected chi connectivity index (χ3v) is 4.88. The molecule has 0 aliphatic heterocycles. The maximum absolute atomic E-state index is 5.81. The molecule has 2 aromatic carbocycles. The highest BCUT2D eigenvalue weighted by Crippen LogP contribution is 2.13. The fourth-order valence-electron chi connectivity index (χ4n) is 2.88. The smallest absolute Gasteiger partial charge is 0.0888 e. The van der Waals surface area contributed by atoms with Crippen LogP contribution in [0.4, 0.5) is 5.69 Å². The number of halogens is 1. The van der Waals surface area contributed by atoms with Crippen LogP contribution in [0.1, 0.15) is 35.4 Å². The molecule has 0 amide bonds. The van der Waals surface area contributed by atoms with Gasteiger partial charge in [0.15, 0.2) is 0 Å². The molecule has 0 saturated carbocycles. The van der Waals surface area contributed by atoms with Gasteiger partial charge in [-0.25, -0.2) is 0 Å². The number of aromatic nitrogens is 1. The summed E-state index contributed by atoms with van der Waals surface area (Å²) in [5, 5.41) is 0. The van der Waals surface area contributed by atoms with Gasteiger partial charge in [0.1, 0.15) is 0 Å². The molecule has 1 aromatic heterocycles. The van der Waals surface area contributed by atoms with E-state index in [-0.39, 0.29) is 0 Å². The average molecular weight is 437 g/mol. The third kappa shape index (κ3) is 6.95. The lowest BCUT2D eigenvalue weighted by Crippen LogP contribution is -1.99. The largest absolute Gasteiger partial charge is 0.399 e. The van der Waals surface area contributed by atoms with Gasteiger partial charge in [0.2, 0.25) is 0 Å². The van der Waals surface area contributed by atoms with E-state index >= 15 is 0 Å². The predicted molar refractivity (Wildman–Crippen MR) is 121 cm³/mol. The van der Waals surface area contributed by atoms with E-state index in [1.54, 1.807) is 0 Å². The molecule has 0 saturated heterocycles. The van der Waals surface area contributed by atoms with Crippen LogP contribution in [-0.4, -0.2) is 11.6 Å². The lowest BCUT2D eigenvalue weighted by Gasteiger charge is -2.05. The summed E-state index contributed by atoms with van der Waals surface area (Å²) in [6.07, 6.45) is 7.27. The van der Waals surface area contributed by atoms with Gasteiger partial charge in [0, 0.05) is 16.8 Å². The molecule has 0 fully saturated rings. The zero-order valence-corrected chi connectivity index (χ0v) is 17.4. The summed E-state index contributed by atoms with van der Waals surface area (Å²) in [5.74, 6) is 0. The van der Waals surface area contributed by atoms with Crippen molar-refractivity contribution in [3.8, 4) is 0 Å². The third-order valence-electron chi connectivity index (χ3n) is 4.35. The Balaban J connectivity index is 1.40. The van der Waals surface area contributed by atoms with Gasteiger partial charge in [0.25, 0.3) is 0 Å². The first-order chi connectivity index (χ1) is 13.7. The van der Waals surface area contributed by atoms with E-state index in [9.17, 15) is 0 Å². The number of hydrogen-bond acceptors (Lipinski definition) is 3. The number of unbranched alkanes of at least 4 members (excludes halogenated alkanes) is 1. The van der Waals surface area contributed by atoms with Gasteiger partial charge in [-0.05, 0) is 72.9 Å². The Kier molecular flexibility index (Phi) is 7.82. The SMILES string of the molecule is Nc1cccc(/C=C/c2cccc(COCCCCc3ccc(Br)cc3)n2)c1. The van der Waals surface area contributed by atoms with E-state index in [0.717, 1.165) is 53.0 Å². The van der Waals surface area contributed by atoms with Crippen molar-refractivity contribution in [3.63, 3.8) is 0 Å². The normalized spacial score (nSPS) is 11.2. The Hall–Kier alpha value is -2.43. The van der Waals surface area contributed by atoms with Crippen molar-refractivity contribution in [2.75, 3.05) is 12.3 Å². The van der Waals surface area contributed by atoms with Gasteiger partial charge in [-0.2, -0.15) is 0 Å². The highest BCUT2D eigenvalue weighted by molar-refractivity contribution is 9.10. The molecule has 2 N–H and O–H groups in total. The first-order valence-electron chi connectivity index (χ1n) is 9.51. The maximum Gasteiger partial charge on any atom is 0.0888 e. The average Bonchev–Trinajstić information content (AvgIpc) is 2.71. The lowest BCUT2D eigenvalue weighted by molar-refractivity contribution is 0.114. The van der Waals surface area contributed by atoms with Crippen LogP contribution in [0.25, 0.3) is 12.2 Å². The van der Waals surface area contributed by atoms with Crippen molar-refractivity contribution in [3.05, 3.63) is 93.7 Å². The molecular weight excluding hydrogens is 412 g/mol. The summed E-state index contributed by atoms with van der Waals surface area (Å²) in [7, 11) is 0. The number of aryl methyl sites for hydroxylation is 1. The van der Waals surface area contributed by atoms with Crippen LogP contribution >= 0.6 is 15.9 Å². The van der Waals surface area contributed by atoms with Gasteiger partial charge in [-0.15, -0.1) is 0 Å². The van der Waals surface area contributed by atoms with Crippen LogP contribution < -0.4 is 5.73 Å². The molecule has 0 bridgehead atoms. The summed E-state index contributed by atoms with van der Waals surface area (Å²) in [4.78, 5) is 4.64. The van der Waals surface area contributed by atoms with Gasteiger partial charge in [-0.1, -0.05) is 52.3 Å². The van der Waals surface area contributed by atoms with Crippen molar-refractivity contribution < 1.29 is 4.74 Å². The molecule has 4 heteroatoms. The number of anilines is 1. The van der Waals surface area contributed by atoms with Crippen LogP contribution in [0.5, 0.6) is 0 Å². The fourth-order valence-corrected chi connectivity index (χ4v) is 3.14. The Labute approximate surface area is 175 Å². The van der Waals surface area contributed by atoms with Crippen molar-refractivity contribution in [2.24, 2.45) is 0 Å². The predicted octanol–water partition coefficient (Wildman–Crippen LogP) is 6.14. The minimum atomic E-state index is 0.540. The molecule has 0 aliphatic rings. The molecule has 3 aromatic rings. The molecule has 0 atom stereocenters. The molecule has 3 nitrogen and oxygen atoms in total. The van der Waals surface area contributed by atoms with Crippen LogP contribution in [0, 0.1) is 0 Å². The number of nitrogen functional groups attached to an aromatic ring is 1. The fraction of sp³-hybridized carbons (Fsp3) is 0.208. The van der Waals surface area contributed by atoms with E-state index in [0.29, 0.717) is 6.61 Å². The molecular formula is C24H25BrN2O. The Bertz CT molecular complexity index is 906. The van der Waals surface area contributed by atoms with E-state index in [1.807, 2.05) is 54.6 Å². The van der Waals surface area contributed by atoms with E-state index in [2.05, 4.69) is 45.2 Å². The number of rotatable bonds is 9. The van der Waals surface area contributed by atoms with Crippen molar-refractivity contribution in [1.82, 2.24) is 4.98 Å². The first-order valence-corrected chi connectivity index (χ1v) is 10.3. The summed E-state index contributed by atoms with van der Waals surface area (Å²) in [6.45, 7) is 1.29. The zero-order valence-electron chi connectivity index (χ0n) is 15.9. The molecule has 1 heterocycles. The Morgan fingerprint density at radius 3 is 2.57 bits per heavy atom. The van der Waals surface area contributed by atoms with E-state index in [4.69, 9.17) is 10.5 Å². The second-order valence-electron chi connectivity index (χ2n) is 6.69. The van der Waals surface area contributed by atoms with Crippen LogP contribution in [0.2, 0.25) is 0 Å². The number of hydrogen-bond donors (Lipinski definition) is 1. The Morgan fingerprint density at radius 1 is 0.929 bits per heavy atom. The Morgan fingerprint density at radius 2 is 1.75 bits per heavy atom. The van der Waals surface area contributed by atoms with Gasteiger partial charge in [-0.3, -0.25) is 4.98 Å². The van der Waals surface area contributed by atoms with Gasteiger partial charge in [0.05, 0.1) is 18.0 Å². The topological polar surface area (TPSA) is 48.1 Å². The molecule has 144 valence electrons. The number of pyridine rings is 1. The van der Waals surface area contributed by atoms with E-state index < -0.39 is 0 Å². The van der Waals surface area contributed by atoms with Gasteiger partial charge >= 0.3 is 0 Å². The van der Waals surface area contributed by atoms with E-state index in [1.165, 1.54) is 5.56 Å². The van der Waals surface area contributed by atoms with Crippen LogP contribution in [0.3, 0.4) is 0 Å². The molecule has 0 spiro atoms. The summed E-state index contributed by atoms with van der Waals surface area (Å²) < 4.78 is 6.92. The van der Waals surface area contributed by atoms with Crippen LogP contribution in [-0.2, 0) is 17.8 Å². The zero-order chi connectivity index (χ0) is 19.6. The summed E-state index contributed by atoms with van der Waals surface area (Å²) in [5.41, 5.74) is 10.9. The van der Waals surface area contributed by atoms with Crippen molar-refractivity contribution in [2.45, 2.75) is 25.9 Å². The summed E-state index contributed by atoms with van der Waals surface area (Å²) >= 11 is 3.46. The highest BCUT2D eigenvalue weighted by atomic mass is 79.9. The molecule has 0 unspecified atom stereocenters. The first kappa shape index (κ1) is 20.3. The molecule has 3 rings (SSSR count). The highest BCUT2D eigenvalue weighted by Gasteiger charge is 1.98. The maximum atomic E-state index is 5.81. The van der Waals surface area contributed by atoms with Gasteiger partial charge < -0.3 is 10.5 Å². The molecule has 0 radical (unpaired) electrons. The monoisotopic (exact) mass is 436 g/mol. The quantitative estimate of drug-likeness (QED) is 0.323. The number of nitrogens with two attached hydrogens (primary N) is 1. The lowest BCUT2D eigenvalue weighted by atomic mass is 10.1. The molecule has 28 heavy (non-hydrogen) atoms.